The Morgan fingerprint density at radius 2 is 1.85 bits per heavy atom. The first kappa shape index (κ1) is 19.0. The van der Waals surface area contributed by atoms with Crippen LogP contribution in [0.3, 0.4) is 0 Å². The second-order valence-corrected chi connectivity index (χ2v) is 11.3. The summed E-state index contributed by atoms with van der Waals surface area (Å²) >= 11 is 1.48. The van der Waals surface area contributed by atoms with E-state index in [4.69, 9.17) is 0 Å². The van der Waals surface area contributed by atoms with Crippen LogP contribution < -0.4 is 0 Å². The molecule has 1 aromatic rings. The van der Waals surface area contributed by atoms with Crippen LogP contribution in [0.25, 0.3) is 0 Å². The predicted octanol–water partition coefficient (Wildman–Crippen LogP) is 3.25. The predicted molar refractivity (Wildman–Crippen MR) is 109 cm³/mol. The van der Waals surface area contributed by atoms with Crippen molar-refractivity contribution in [2.45, 2.75) is 56.4 Å². The average molecular weight is 407 g/mol. The van der Waals surface area contributed by atoms with Gasteiger partial charge in [-0.3, -0.25) is 4.79 Å². The van der Waals surface area contributed by atoms with Gasteiger partial charge in [-0.25, -0.2) is 8.42 Å². The molecule has 1 saturated carbocycles. The Kier molecular flexibility index (Phi) is 5.60. The van der Waals surface area contributed by atoms with Crippen LogP contribution in [-0.2, 0) is 21.2 Å². The largest absolute Gasteiger partial charge is 0.342 e. The third-order valence-electron chi connectivity index (χ3n) is 5.78. The highest BCUT2D eigenvalue weighted by molar-refractivity contribution is 8.15. The van der Waals surface area contributed by atoms with Gasteiger partial charge in [-0.1, -0.05) is 61.4 Å². The van der Waals surface area contributed by atoms with Gasteiger partial charge in [0.1, 0.15) is 0 Å². The van der Waals surface area contributed by atoms with Crippen LogP contribution in [0.1, 0.15) is 44.1 Å². The molecule has 7 heteroatoms. The Morgan fingerprint density at radius 1 is 1.11 bits per heavy atom. The van der Waals surface area contributed by atoms with Crippen molar-refractivity contribution in [1.29, 1.82) is 0 Å². The Labute approximate surface area is 165 Å². The summed E-state index contributed by atoms with van der Waals surface area (Å²) in [6.45, 7) is 0.597. The molecule has 2 heterocycles. The van der Waals surface area contributed by atoms with Gasteiger partial charge in [0.05, 0.1) is 17.5 Å². The zero-order valence-electron chi connectivity index (χ0n) is 15.4. The summed E-state index contributed by atoms with van der Waals surface area (Å²) in [5.41, 5.74) is 1.11. The molecule has 0 N–H and O–H groups in total. The van der Waals surface area contributed by atoms with Crippen LogP contribution in [0.15, 0.2) is 35.3 Å². The molecule has 1 aliphatic carbocycles. The smallest absolute Gasteiger partial charge is 0.248 e. The van der Waals surface area contributed by atoms with Gasteiger partial charge >= 0.3 is 0 Å². The highest BCUT2D eigenvalue weighted by atomic mass is 32.2. The molecule has 5 nitrogen and oxygen atoms in total. The maximum Gasteiger partial charge on any atom is 0.248 e. The van der Waals surface area contributed by atoms with E-state index >= 15 is 0 Å². The lowest BCUT2D eigenvalue weighted by molar-refractivity contribution is -0.118. The van der Waals surface area contributed by atoms with Crippen molar-refractivity contribution in [2.75, 3.05) is 11.5 Å². The monoisotopic (exact) mass is 406 g/mol. The molecule has 0 radical (unpaired) electrons. The second-order valence-electron chi connectivity index (χ2n) is 7.91. The molecule has 0 aromatic heterocycles. The van der Waals surface area contributed by atoms with Crippen molar-refractivity contribution in [2.24, 2.45) is 10.9 Å². The number of aliphatic imine (C=N–C) groups is 1. The van der Waals surface area contributed by atoms with Gasteiger partial charge in [0.25, 0.3) is 0 Å². The number of amides is 1. The van der Waals surface area contributed by atoms with Gasteiger partial charge in [-0.05, 0) is 24.3 Å². The molecule has 1 aromatic carbocycles. The van der Waals surface area contributed by atoms with Crippen LogP contribution in [0.4, 0.5) is 0 Å². The number of nitrogens with zero attached hydrogens (tertiary/aromatic N) is 2. The number of amidine groups is 1. The number of thioether (sulfide) groups is 1. The standard InChI is InChI=1S/C20H26N2O3S2/c23-19(11-15-7-3-1-4-8-15)21-20-22(12-16-9-5-2-6-10-16)17-13-27(24,25)14-18(17)26-20/h2,5-6,9-10,15,17-18H,1,3-4,7-8,11-14H2/t17-,18-/m0/s1. The summed E-state index contributed by atoms with van der Waals surface area (Å²) in [7, 11) is -3.01. The molecule has 3 aliphatic rings. The highest BCUT2D eigenvalue weighted by Gasteiger charge is 2.48. The molecule has 1 amide bonds. The summed E-state index contributed by atoms with van der Waals surface area (Å²) in [5, 5.41) is 0.699. The van der Waals surface area contributed by atoms with E-state index in [1.807, 2.05) is 35.2 Å². The minimum atomic E-state index is -3.01. The van der Waals surface area contributed by atoms with E-state index in [9.17, 15) is 13.2 Å². The molecule has 2 atom stereocenters. The van der Waals surface area contributed by atoms with Crippen molar-refractivity contribution in [3.05, 3.63) is 35.9 Å². The minimum absolute atomic E-state index is 0.0139. The van der Waals surface area contributed by atoms with Crippen molar-refractivity contribution in [1.82, 2.24) is 4.90 Å². The lowest BCUT2D eigenvalue weighted by Gasteiger charge is -2.25. The fraction of sp³-hybridized carbons (Fsp3) is 0.600. The number of fused-ring (bicyclic) bond motifs is 1. The number of hydrogen-bond acceptors (Lipinski definition) is 4. The molecule has 0 spiro atoms. The van der Waals surface area contributed by atoms with E-state index in [1.165, 1.54) is 31.0 Å². The molecule has 4 rings (SSSR count). The Bertz CT molecular complexity index is 817. The van der Waals surface area contributed by atoms with Gasteiger partial charge in [0, 0.05) is 18.2 Å². The van der Waals surface area contributed by atoms with Gasteiger partial charge in [-0.15, -0.1) is 0 Å². The van der Waals surface area contributed by atoms with E-state index in [0.29, 0.717) is 24.1 Å². The lowest BCUT2D eigenvalue weighted by Crippen LogP contribution is -2.37. The van der Waals surface area contributed by atoms with Crippen molar-refractivity contribution >= 4 is 32.7 Å². The zero-order chi connectivity index (χ0) is 18.9. The number of sulfone groups is 1. The maximum absolute atomic E-state index is 12.6. The maximum atomic E-state index is 12.6. The number of benzene rings is 1. The Morgan fingerprint density at radius 3 is 2.59 bits per heavy atom. The lowest BCUT2D eigenvalue weighted by atomic mass is 9.87. The first-order valence-electron chi connectivity index (χ1n) is 9.79. The van der Waals surface area contributed by atoms with E-state index in [-0.39, 0.29) is 28.7 Å². The summed E-state index contributed by atoms with van der Waals surface area (Å²) in [6, 6.07) is 9.90. The Hall–Kier alpha value is -1.34. The first-order valence-corrected chi connectivity index (χ1v) is 12.5. The summed E-state index contributed by atoms with van der Waals surface area (Å²) in [4.78, 5) is 19.1. The molecule has 146 valence electrons. The minimum Gasteiger partial charge on any atom is -0.342 e. The second kappa shape index (κ2) is 7.95. The zero-order valence-corrected chi connectivity index (χ0v) is 17.1. The molecule has 2 aliphatic heterocycles. The quantitative estimate of drug-likeness (QED) is 0.768. The highest BCUT2D eigenvalue weighted by Crippen LogP contribution is 2.39. The van der Waals surface area contributed by atoms with Crippen molar-refractivity contribution in [3.63, 3.8) is 0 Å². The first-order chi connectivity index (χ1) is 13.0. The molecule has 27 heavy (non-hydrogen) atoms. The molecule has 0 bridgehead atoms. The van der Waals surface area contributed by atoms with E-state index in [2.05, 4.69) is 4.99 Å². The number of rotatable bonds is 4. The molecular formula is C20H26N2O3S2. The number of hydrogen-bond donors (Lipinski definition) is 0. The summed E-state index contributed by atoms with van der Waals surface area (Å²) in [5.74, 6) is 0.756. The van der Waals surface area contributed by atoms with Gasteiger partial charge < -0.3 is 4.90 Å². The van der Waals surface area contributed by atoms with Crippen molar-refractivity contribution in [3.8, 4) is 0 Å². The third-order valence-corrected chi connectivity index (χ3v) is 9.03. The fourth-order valence-corrected chi connectivity index (χ4v) is 8.36. The fourth-order valence-electron chi connectivity index (χ4n) is 4.39. The molecule has 0 unspecified atom stereocenters. The van der Waals surface area contributed by atoms with E-state index in [1.54, 1.807) is 0 Å². The molecule has 2 saturated heterocycles. The summed E-state index contributed by atoms with van der Waals surface area (Å²) < 4.78 is 24.2. The number of carbonyl (C=O) groups excluding carboxylic acids is 1. The van der Waals surface area contributed by atoms with Gasteiger partial charge in [0.15, 0.2) is 15.0 Å². The summed E-state index contributed by atoms with van der Waals surface area (Å²) in [6.07, 6.45) is 6.48. The normalized spacial score (nSPS) is 29.2. The van der Waals surface area contributed by atoms with Crippen LogP contribution >= 0.6 is 11.8 Å². The molecular weight excluding hydrogens is 380 g/mol. The topological polar surface area (TPSA) is 66.8 Å². The van der Waals surface area contributed by atoms with Gasteiger partial charge in [-0.2, -0.15) is 4.99 Å². The van der Waals surface area contributed by atoms with Crippen LogP contribution in [-0.4, -0.2) is 47.2 Å². The molecule has 3 fully saturated rings. The van der Waals surface area contributed by atoms with Crippen molar-refractivity contribution < 1.29 is 13.2 Å². The van der Waals surface area contributed by atoms with Gasteiger partial charge in [0.2, 0.25) is 5.91 Å². The van der Waals surface area contributed by atoms with E-state index < -0.39 is 9.84 Å². The average Bonchev–Trinajstić information content (AvgIpc) is 3.09. The van der Waals surface area contributed by atoms with Crippen LogP contribution in [0.2, 0.25) is 0 Å². The van der Waals surface area contributed by atoms with Crippen LogP contribution in [0, 0.1) is 5.92 Å². The van der Waals surface area contributed by atoms with E-state index in [0.717, 1.165) is 18.4 Å². The third kappa shape index (κ3) is 4.57. The van der Waals surface area contributed by atoms with Crippen LogP contribution in [0.5, 0.6) is 0 Å². The SMILES string of the molecule is O=C(CC1CCCCC1)N=C1S[C@H]2CS(=O)(=O)C[C@@H]2N1Cc1ccccc1. The number of carbonyl (C=O) groups is 1. The Balaban J connectivity index is 1.52.